The van der Waals surface area contributed by atoms with Gasteiger partial charge in [-0.15, -0.1) is 0 Å². The fourth-order valence-electron chi connectivity index (χ4n) is 2.39. The zero-order valence-corrected chi connectivity index (χ0v) is 10.5. The molecule has 0 N–H and O–H groups in total. The van der Waals surface area contributed by atoms with Gasteiger partial charge in [0.15, 0.2) is 0 Å². The van der Waals surface area contributed by atoms with Crippen molar-refractivity contribution in [3.8, 4) is 11.8 Å². The smallest absolute Gasteiger partial charge is 0.417 e. The maximum atomic E-state index is 12.8. The first-order valence-electron chi connectivity index (χ1n) is 6.20. The van der Waals surface area contributed by atoms with Crippen LogP contribution in [0.1, 0.15) is 37.3 Å². The second kappa shape index (κ2) is 5.12. The number of nitrogens with zero attached hydrogens (tertiary/aromatic N) is 1. The number of hydrogen-bond acceptors (Lipinski definition) is 2. The topological polar surface area (TPSA) is 33.0 Å². The SMILES string of the molecule is CC1CCC[C@@H]1Oc1ccc(C#N)c(C(F)(F)F)c1. The van der Waals surface area contributed by atoms with Gasteiger partial charge in [-0.1, -0.05) is 6.92 Å². The quantitative estimate of drug-likeness (QED) is 0.808. The highest BCUT2D eigenvalue weighted by Crippen LogP contribution is 2.36. The third-order valence-electron chi connectivity index (χ3n) is 3.49. The van der Waals surface area contributed by atoms with Crippen LogP contribution in [0.4, 0.5) is 13.2 Å². The Morgan fingerprint density at radius 3 is 2.58 bits per heavy atom. The summed E-state index contributed by atoms with van der Waals surface area (Å²) >= 11 is 0. The van der Waals surface area contributed by atoms with Crippen molar-refractivity contribution in [3.05, 3.63) is 29.3 Å². The molecule has 2 rings (SSSR count). The van der Waals surface area contributed by atoms with E-state index in [9.17, 15) is 13.2 Å². The summed E-state index contributed by atoms with van der Waals surface area (Å²) < 4.78 is 44.0. The van der Waals surface area contributed by atoms with Gasteiger partial charge in [0.25, 0.3) is 0 Å². The summed E-state index contributed by atoms with van der Waals surface area (Å²) in [5.41, 5.74) is -1.31. The van der Waals surface area contributed by atoms with Crippen molar-refractivity contribution >= 4 is 0 Å². The van der Waals surface area contributed by atoms with Crippen LogP contribution in [0.15, 0.2) is 18.2 Å². The monoisotopic (exact) mass is 269 g/mol. The molecule has 2 atom stereocenters. The van der Waals surface area contributed by atoms with E-state index in [0.29, 0.717) is 5.92 Å². The Morgan fingerprint density at radius 2 is 2.05 bits per heavy atom. The second-order valence-corrected chi connectivity index (χ2v) is 4.88. The minimum absolute atomic E-state index is 0.0333. The zero-order chi connectivity index (χ0) is 14.0. The number of ether oxygens (including phenoxy) is 1. The summed E-state index contributed by atoms with van der Waals surface area (Å²) in [4.78, 5) is 0. The summed E-state index contributed by atoms with van der Waals surface area (Å²) in [7, 11) is 0. The van der Waals surface area contributed by atoms with Crippen molar-refractivity contribution < 1.29 is 17.9 Å². The predicted octanol–water partition coefficient (Wildman–Crippen LogP) is 4.14. The summed E-state index contributed by atoms with van der Waals surface area (Å²) in [5.74, 6) is 0.537. The van der Waals surface area contributed by atoms with Gasteiger partial charge in [0.1, 0.15) is 11.9 Å². The lowest BCUT2D eigenvalue weighted by Gasteiger charge is -2.19. The molecule has 0 heterocycles. The molecule has 0 radical (unpaired) electrons. The zero-order valence-electron chi connectivity index (χ0n) is 10.5. The summed E-state index contributed by atoms with van der Waals surface area (Å²) in [6.07, 6.45) is -1.63. The molecule has 1 aliphatic rings. The molecule has 102 valence electrons. The largest absolute Gasteiger partial charge is 0.490 e. The molecule has 1 aromatic rings. The minimum Gasteiger partial charge on any atom is -0.490 e. The molecular weight excluding hydrogens is 255 g/mol. The number of rotatable bonds is 2. The molecule has 0 bridgehead atoms. The van der Waals surface area contributed by atoms with Gasteiger partial charge in [-0.25, -0.2) is 0 Å². The van der Waals surface area contributed by atoms with Crippen LogP contribution in [0.3, 0.4) is 0 Å². The number of nitriles is 1. The lowest BCUT2D eigenvalue weighted by Crippen LogP contribution is -2.19. The van der Waals surface area contributed by atoms with Crippen LogP contribution in [0.25, 0.3) is 0 Å². The Kier molecular flexibility index (Phi) is 3.70. The molecule has 1 unspecified atom stereocenters. The number of benzene rings is 1. The second-order valence-electron chi connectivity index (χ2n) is 4.88. The van der Waals surface area contributed by atoms with Gasteiger partial charge >= 0.3 is 6.18 Å². The molecule has 0 spiro atoms. The van der Waals surface area contributed by atoms with Crippen molar-refractivity contribution in [1.29, 1.82) is 5.26 Å². The van der Waals surface area contributed by atoms with Gasteiger partial charge in [-0.3, -0.25) is 0 Å². The summed E-state index contributed by atoms with van der Waals surface area (Å²) in [6.45, 7) is 2.03. The molecule has 5 heteroatoms. The lowest BCUT2D eigenvalue weighted by atomic mass is 10.1. The molecule has 1 fully saturated rings. The van der Waals surface area contributed by atoms with E-state index in [4.69, 9.17) is 10.00 Å². The molecule has 1 aliphatic carbocycles. The molecule has 0 aromatic heterocycles. The van der Waals surface area contributed by atoms with Gasteiger partial charge in [-0.2, -0.15) is 18.4 Å². The fraction of sp³-hybridized carbons (Fsp3) is 0.500. The Morgan fingerprint density at radius 1 is 1.32 bits per heavy atom. The van der Waals surface area contributed by atoms with Crippen molar-refractivity contribution in [3.63, 3.8) is 0 Å². The molecule has 19 heavy (non-hydrogen) atoms. The standard InChI is InChI=1S/C14H14F3NO/c1-9-3-2-4-13(9)19-11-6-5-10(8-18)12(7-11)14(15,16)17/h5-7,9,13H,2-4H2,1H3/t9?,13-/m0/s1. The molecule has 0 amide bonds. The van der Waals surface area contributed by atoms with Crippen LogP contribution in [0, 0.1) is 17.2 Å². The lowest BCUT2D eigenvalue weighted by molar-refractivity contribution is -0.137. The normalized spacial score (nSPS) is 23.1. The summed E-state index contributed by atoms with van der Waals surface area (Å²) in [5, 5.41) is 8.71. The van der Waals surface area contributed by atoms with E-state index in [0.717, 1.165) is 31.4 Å². The summed E-state index contributed by atoms with van der Waals surface area (Å²) in [6, 6.07) is 5.07. The number of alkyl halides is 3. The number of halogens is 3. The highest BCUT2D eigenvalue weighted by molar-refractivity contribution is 5.44. The molecule has 0 aliphatic heterocycles. The van der Waals surface area contributed by atoms with Crippen molar-refractivity contribution in [1.82, 2.24) is 0 Å². The third-order valence-corrected chi connectivity index (χ3v) is 3.49. The molecular formula is C14H14F3NO. The average molecular weight is 269 g/mol. The van der Waals surface area contributed by atoms with Gasteiger partial charge in [0.05, 0.1) is 17.2 Å². The van der Waals surface area contributed by atoms with Crippen LogP contribution in [0.2, 0.25) is 0 Å². The van der Waals surface area contributed by atoms with Crippen LogP contribution in [-0.4, -0.2) is 6.10 Å². The Hall–Kier alpha value is -1.70. The van der Waals surface area contributed by atoms with Crippen molar-refractivity contribution in [2.45, 2.75) is 38.5 Å². The molecule has 1 saturated carbocycles. The fourth-order valence-corrected chi connectivity index (χ4v) is 2.39. The van der Waals surface area contributed by atoms with E-state index < -0.39 is 11.7 Å². The molecule has 0 saturated heterocycles. The number of hydrogen-bond donors (Lipinski definition) is 0. The third kappa shape index (κ3) is 3.01. The van der Waals surface area contributed by atoms with Crippen LogP contribution >= 0.6 is 0 Å². The Bertz CT molecular complexity index is 504. The maximum absolute atomic E-state index is 12.8. The predicted molar refractivity (Wildman–Crippen MR) is 63.6 cm³/mol. The van der Waals surface area contributed by atoms with E-state index in [2.05, 4.69) is 0 Å². The van der Waals surface area contributed by atoms with E-state index in [1.54, 1.807) is 6.07 Å². The van der Waals surface area contributed by atoms with Gasteiger partial charge in [0.2, 0.25) is 0 Å². The Balaban J connectivity index is 2.26. The van der Waals surface area contributed by atoms with E-state index >= 15 is 0 Å². The van der Waals surface area contributed by atoms with E-state index in [1.807, 2.05) is 6.92 Å². The highest BCUT2D eigenvalue weighted by atomic mass is 19.4. The molecule has 1 aromatic carbocycles. The Labute approximate surface area is 109 Å². The van der Waals surface area contributed by atoms with Crippen LogP contribution < -0.4 is 4.74 Å². The van der Waals surface area contributed by atoms with Gasteiger partial charge in [-0.05, 0) is 43.4 Å². The van der Waals surface area contributed by atoms with Crippen LogP contribution in [-0.2, 0) is 6.18 Å². The minimum atomic E-state index is -4.54. The first-order chi connectivity index (χ1) is 8.91. The van der Waals surface area contributed by atoms with E-state index in [-0.39, 0.29) is 17.4 Å². The van der Waals surface area contributed by atoms with Crippen molar-refractivity contribution in [2.24, 2.45) is 5.92 Å². The van der Waals surface area contributed by atoms with Crippen LogP contribution in [0.5, 0.6) is 5.75 Å². The van der Waals surface area contributed by atoms with E-state index in [1.165, 1.54) is 6.07 Å². The maximum Gasteiger partial charge on any atom is 0.417 e. The van der Waals surface area contributed by atoms with Gasteiger partial charge < -0.3 is 4.74 Å². The first-order valence-corrected chi connectivity index (χ1v) is 6.20. The van der Waals surface area contributed by atoms with Gasteiger partial charge in [0, 0.05) is 0 Å². The average Bonchev–Trinajstić information content (AvgIpc) is 2.74. The first kappa shape index (κ1) is 13.7. The highest BCUT2D eigenvalue weighted by Gasteiger charge is 2.34. The molecule has 2 nitrogen and oxygen atoms in total. The van der Waals surface area contributed by atoms with Crippen molar-refractivity contribution in [2.75, 3.05) is 0 Å².